The molecule has 0 fully saturated rings. The number of nitrogens with one attached hydrogen (secondary N) is 1. The minimum Gasteiger partial charge on any atom is -0.313 e. The Morgan fingerprint density at radius 3 is 2.70 bits per heavy atom. The first-order chi connectivity index (χ1) is 9.67. The number of hydrogen-bond donors (Lipinski definition) is 1. The first-order valence-electron chi connectivity index (χ1n) is 6.89. The number of halogens is 2. The fraction of sp³-hybridized carbons (Fsp3) is 0.400. The van der Waals surface area contributed by atoms with Crippen molar-refractivity contribution in [2.75, 3.05) is 6.54 Å². The summed E-state index contributed by atoms with van der Waals surface area (Å²) in [4.78, 5) is 0. The maximum atomic E-state index is 6.27. The summed E-state index contributed by atoms with van der Waals surface area (Å²) in [7, 11) is 0. The van der Waals surface area contributed by atoms with E-state index in [2.05, 4.69) is 24.3 Å². The molecule has 0 aliphatic heterocycles. The highest BCUT2D eigenvalue weighted by Crippen LogP contribution is 2.26. The van der Waals surface area contributed by atoms with Crippen molar-refractivity contribution < 1.29 is 0 Å². The Balaban J connectivity index is 2.32. The summed E-state index contributed by atoms with van der Waals surface area (Å²) in [6.07, 6.45) is 3.94. The molecule has 2 rings (SSSR count). The van der Waals surface area contributed by atoms with E-state index in [9.17, 15) is 0 Å². The van der Waals surface area contributed by atoms with Gasteiger partial charge in [-0.2, -0.15) is 5.10 Å². The van der Waals surface area contributed by atoms with Crippen LogP contribution in [0.15, 0.2) is 24.4 Å². The highest BCUT2D eigenvalue weighted by molar-refractivity contribution is 6.35. The van der Waals surface area contributed by atoms with Crippen LogP contribution in [0.3, 0.4) is 0 Å². The van der Waals surface area contributed by atoms with Gasteiger partial charge in [-0.25, -0.2) is 4.68 Å². The normalized spacial score (nSPS) is 11.0. The molecule has 5 heteroatoms. The van der Waals surface area contributed by atoms with Crippen molar-refractivity contribution in [3.8, 4) is 5.69 Å². The van der Waals surface area contributed by atoms with Gasteiger partial charge in [-0.3, -0.25) is 0 Å². The highest BCUT2D eigenvalue weighted by atomic mass is 35.5. The van der Waals surface area contributed by atoms with Crippen molar-refractivity contribution in [2.45, 2.75) is 33.2 Å². The lowest BCUT2D eigenvalue weighted by molar-refractivity contribution is 0.669. The van der Waals surface area contributed by atoms with Crippen molar-refractivity contribution in [1.29, 1.82) is 0 Å². The molecule has 1 aromatic carbocycles. The third-order valence-corrected chi connectivity index (χ3v) is 3.71. The maximum Gasteiger partial charge on any atom is 0.0836 e. The minimum absolute atomic E-state index is 0.614. The average Bonchev–Trinajstić information content (AvgIpc) is 2.82. The molecule has 0 amide bonds. The lowest BCUT2D eigenvalue weighted by Crippen LogP contribution is -2.15. The largest absolute Gasteiger partial charge is 0.313 e. The minimum atomic E-state index is 0.614. The molecule has 0 radical (unpaired) electrons. The monoisotopic (exact) mass is 311 g/mol. The van der Waals surface area contributed by atoms with Crippen LogP contribution in [0, 0.1) is 0 Å². The van der Waals surface area contributed by atoms with Crippen molar-refractivity contribution in [3.05, 3.63) is 45.7 Å². The molecule has 0 saturated heterocycles. The molecular formula is C15H19Cl2N3. The van der Waals surface area contributed by atoms with E-state index in [1.807, 2.05) is 23.0 Å². The van der Waals surface area contributed by atoms with E-state index in [0.717, 1.165) is 31.6 Å². The van der Waals surface area contributed by atoms with Crippen molar-refractivity contribution in [1.82, 2.24) is 15.1 Å². The van der Waals surface area contributed by atoms with Crippen LogP contribution in [0.2, 0.25) is 10.0 Å². The van der Waals surface area contributed by atoms with Gasteiger partial charge in [-0.1, -0.05) is 37.0 Å². The quantitative estimate of drug-likeness (QED) is 0.809. The lowest BCUT2D eigenvalue weighted by Gasteiger charge is -2.10. The van der Waals surface area contributed by atoms with E-state index in [1.54, 1.807) is 6.07 Å². The van der Waals surface area contributed by atoms with Crippen LogP contribution in [-0.2, 0) is 13.0 Å². The molecule has 1 N–H and O–H groups in total. The summed E-state index contributed by atoms with van der Waals surface area (Å²) in [5.41, 5.74) is 3.26. The smallest absolute Gasteiger partial charge is 0.0836 e. The summed E-state index contributed by atoms with van der Waals surface area (Å²) in [5.74, 6) is 0. The summed E-state index contributed by atoms with van der Waals surface area (Å²) in [5, 5.41) is 9.13. The summed E-state index contributed by atoms with van der Waals surface area (Å²) in [6, 6.07) is 5.48. The second kappa shape index (κ2) is 7.11. The highest BCUT2D eigenvalue weighted by Gasteiger charge is 2.12. The average molecular weight is 312 g/mol. The molecule has 0 bridgehead atoms. The standard InChI is InChI=1S/C15H19Cl2N3/c1-3-7-18-9-11-10-19-20(14(11)4-2)15-6-5-12(16)8-13(15)17/h5-6,8,10,18H,3-4,7,9H2,1-2H3. The van der Waals surface area contributed by atoms with E-state index in [1.165, 1.54) is 11.3 Å². The van der Waals surface area contributed by atoms with Gasteiger partial charge in [0.15, 0.2) is 0 Å². The molecule has 1 aromatic heterocycles. The van der Waals surface area contributed by atoms with Crippen LogP contribution in [0.1, 0.15) is 31.5 Å². The van der Waals surface area contributed by atoms with Gasteiger partial charge in [-0.15, -0.1) is 0 Å². The Bertz CT molecular complexity index is 578. The zero-order valence-electron chi connectivity index (χ0n) is 11.8. The van der Waals surface area contributed by atoms with Crippen LogP contribution in [0.25, 0.3) is 5.69 Å². The molecule has 108 valence electrons. The molecule has 20 heavy (non-hydrogen) atoms. The number of nitrogens with zero attached hydrogens (tertiary/aromatic N) is 2. The molecule has 2 aromatic rings. The van der Waals surface area contributed by atoms with E-state index < -0.39 is 0 Å². The number of aromatic nitrogens is 2. The molecule has 0 aliphatic rings. The molecule has 0 spiro atoms. The van der Waals surface area contributed by atoms with Gasteiger partial charge in [-0.05, 0) is 37.6 Å². The van der Waals surface area contributed by atoms with Gasteiger partial charge in [0.1, 0.15) is 0 Å². The van der Waals surface area contributed by atoms with Crippen LogP contribution < -0.4 is 5.32 Å². The van der Waals surface area contributed by atoms with Crippen LogP contribution in [0.5, 0.6) is 0 Å². The topological polar surface area (TPSA) is 29.9 Å². The molecule has 0 aliphatic carbocycles. The Morgan fingerprint density at radius 2 is 2.05 bits per heavy atom. The van der Waals surface area contributed by atoms with Gasteiger partial charge >= 0.3 is 0 Å². The SMILES string of the molecule is CCCNCc1cnn(-c2ccc(Cl)cc2Cl)c1CC. The summed E-state index contributed by atoms with van der Waals surface area (Å²) < 4.78 is 1.90. The Hall–Kier alpha value is -1.03. The molecule has 3 nitrogen and oxygen atoms in total. The van der Waals surface area contributed by atoms with E-state index in [-0.39, 0.29) is 0 Å². The first-order valence-corrected chi connectivity index (χ1v) is 7.64. The third-order valence-electron chi connectivity index (χ3n) is 3.17. The van der Waals surface area contributed by atoms with Gasteiger partial charge in [0.2, 0.25) is 0 Å². The Labute approximate surface area is 129 Å². The van der Waals surface area contributed by atoms with Gasteiger partial charge in [0.25, 0.3) is 0 Å². The Morgan fingerprint density at radius 1 is 1.25 bits per heavy atom. The number of rotatable bonds is 6. The van der Waals surface area contributed by atoms with E-state index in [4.69, 9.17) is 23.2 Å². The number of hydrogen-bond acceptors (Lipinski definition) is 2. The van der Waals surface area contributed by atoms with Crippen LogP contribution >= 0.6 is 23.2 Å². The molecule has 0 atom stereocenters. The predicted octanol–water partition coefficient (Wildman–Crippen LogP) is 4.24. The summed E-state index contributed by atoms with van der Waals surface area (Å²) in [6.45, 7) is 6.13. The Kier molecular flexibility index (Phi) is 5.46. The lowest BCUT2D eigenvalue weighted by atomic mass is 10.2. The van der Waals surface area contributed by atoms with Crippen LogP contribution in [0.4, 0.5) is 0 Å². The molecule has 0 saturated carbocycles. The summed E-state index contributed by atoms with van der Waals surface area (Å²) >= 11 is 12.2. The molecule has 0 unspecified atom stereocenters. The molecule has 1 heterocycles. The predicted molar refractivity (Wildman–Crippen MR) is 85.0 cm³/mol. The molecular weight excluding hydrogens is 293 g/mol. The third kappa shape index (κ3) is 3.35. The van der Waals surface area contributed by atoms with Crippen molar-refractivity contribution in [3.63, 3.8) is 0 Å². The zero-order chi connectivity index (χ0) is 14.5. The maximum absolute atomic E-state index is 6.27. The zero-order valence-corrected chi connectivity index (χ0v) is 13.3. The first kappa shape index (κ1) is 15.4. The van der Waals surface area contributed by atoms with E-state index >= 15 is 0 Å². The van der Waals surface area contributed by atoms with Crippen molar-refractivity contribution >= 4 is 23.2 Å². The number of benzene rings is 1. The van der Waals surface area contributed by atoms with Gasteiger partial charge in [0.05, 0.1) is 16.9 Å². The van der Waals surface area contributed by atoms with Gasteiger partial charge in [0, 0.05) is 22.8 Å². The second-order valence-corrected chi connectivity index (χ2v) is 5.50. The van der Waals surface area contributed by atoms with Crippen molar-refractivity contribution in [2.24, 2.45) is 0 Å². The fourth-order valence-corrected chi connectivity index (χ4v) is 2.68. The second-order valence-electron chi connectivity index (χ2n) is 4.65. The fourth-order valence-electron chi connectivity index (χ4n) is 2.19. The van der Waals surface area contributed by atoms with Gasteiger partial charge < -0.3 is 5.32 Å². The van der Waals surface area contributed by atoms with E-state index in [0.29, 0.717) is 10.0 Å². The van der Waals surface area contributed by atoms with Crippen LogP contribution in [-0.4, -0.2) is 16.3 Å².